The fraction of sp³-hybridized carbons (Fsp3) is 0.333. The number of para-hydroxylation sites is 1. The highest BCUT2D eigenvalue weighted by molar-refractivity contribution is 5.78. The van der Waals surface area contributed by atoms with Crippen molar-refractivity contribution in [2.24, 2.45) is 10.7 Å². The SMILES string of the molecule is C=C(C)CN=C(N)NCCc1nc2c(C)cccc2o1. The predicted octanol–water partition coefficient (Wildman–Crippen LogP) is 2.16. The van der Waals surface area contributed by atoms with Gasteiger partial charge in [0.25, 0.3) is 0 Å². The molecule has 0 saturated heterocycles. The Labute approximate surface area is 118 Å². The van der Waals surface area contributed by atoms with Crippen molar-refractivity contribution >= 4 is 17.1 Å². The fourth-order valence-corrected chi connectivity index (χ4v) is 1.81. The van der Waals surface area contributed by atoms with Gasteiger partial charge in [-0.3, -0.25) is 0 Å². The van der Waals surface area contributed by atoms with Crippen LogP contribution in [0.15, 0.2) is 39.8 Å². The number of hydrogen-bond acceptors (Lipinski definition) is 3. The number of aromatic nitrogens is 1. The van der Waals surface area contributed by atoms with Crippen LogP contribution in [0.25, 0.3) is 11.1 Å². The number of oxazole rings is 1. The molecule has 0 aliphatic rings. The molecule has 0 atom stereocenters. The van der Waals surface area contributed by atoms with Crippen molar-refractivity contribution in [2.45, 2.75) is 20.3 Å². The van der Waals surface area contributed by atoms with E-state index in [-0.39, 0.29) is 0 Å². The molecule has 0 saturated carbocycles. The molecule has 0 fully saturated rings. The molecule has 3 N–H and O–H groups in total. The first-order valence-electron chi connectivity index (χ1n) is 6.59. The Morgan fingerprint density at radius 2 is 2.30 bits per heavy atom. The summed E-state index contributed by atoms with van der Waals surface area (Å²) >= 11 is 0. The van der Waals surface area contributed by atoms with Crippen LogP contribution >= 0.6 is 0 Å². The zero-order chi connectivity index (χ0) is 14.5. The third-order valence-corrected chi connectivity index (χ3v) is 2.83. The lowest BCUT2D eigenvalue weighted by atomic mass is 10.2. The maximum Gasteiger partial charge on any atom is 0.197 e. The van der Waals surface area contributed by atoms with Crippen LogP contribution in [-0.2, 0) is 6.42 Å². The van der Waals surface area contributed by atoms with Gasteiger partial charge in [-0.2, -0.15) is 0 Å². The van der Waals surface area contributed by atoms with E-state index >= 15 is 0 Å². The van der Waals surface area contributed by atoms with Crippen LogP contribution in [0.3, 0.4) is 0 Å². The third kappa shape index (κ3) is 3.60. The highest BCUT2D eigenvalue weighted by Gasteiger charge is 2.07. The summed E-state index contributed by atoms with van der Waals surface area (Å²) in [5, 5.41) is 3.03. The lowest BCUT2D eigenvalue weighted by Crippen LogP contribution is -2.33. The highest BCUT2D eigenvalue weighted by atomic mass is 16.3. The Balaban J connectivity index is 1.91. The van der Waals surface area contributed by atoms with Crippen molar-refractivity contribution in [2.75, 3.05) is 13.1 Å². The van der Waals surface area contributed by atoms with E-state index in [1.54, 1.807) is 0 Å². The summed E-state index contributed by atoms with van der Waals surface area (Å²) in [6.07, 6.45) is 0.664. The second-order valence-corrected chi connectivity index (χ2v) is 4.86. The Hall–Kier alpha value is -2.30. The lowest BCUT2D eigenvalue weighted by Gasteiger charge is -2.03. The molecule has 0 bridgehead atoms. The minimum atomic E-state index is 0.417. The molecule has 20 heavy (non-hydrogen) atoms. The van der Waals surface area contributed by atoms with Gasteiger partial charge >= 0.3 is 0 Å². The van der Waals surface area contributed by atoms with Gasteiger partial charge in [0.2, 0.25) is 0 Å². The van der Waals surface area contributed by atoms with E-state index in [0.717, 1.165) is 22.2 Å². The molecule has 0 radical (unpaired) electrons. The van der Waals surface area contributed by atoms with Crippen LogP contribution < -0.4 is 11.1 Å². The zero-order valence-electron chi connectivity index (χ0n) is 11.9. The first kappa shape index (κ1) is 14.1. The van der Waals surface area contributed by atoms with Crippen LogP contribution in [0, 0.1) is 6.92 Å². The largest absolute Gasteiger partial charge is 0.441 e. The molecule has 0 unspecified atom stereocenters. The summed E-state index contributed by atoms with van der Waals surface area (Å²) < 4.78 is 5.68. The Bertz CT molecular complexity index is 642. The van der Waals surface area contributed by atoms with Crippen molar-refractivity contribution in [3.8, 4) is 0 Å². The average molecular weight is 272 g/mol. The highest BCUT2D eigenvalue weighted by Crippen LogP contribution is 2.18. The molecule has 0 aliphatic heterocycles. The molecular weight excluding hydrogens is 252 g/mol. The van der Waals surface area contributed by atoms with E-state index < -0.39 is 0 Å². The Morgan fingerprint density at radius 1 is 1.50 bits per heavy atom. The van der Waals surface area contributed by atoms with Crippen LogP contribution in [0.5, 0.6) is 0 Å². The van der Waals surface area contributed by atoms with E-state index in [0.29, 0.717) is 31.4 Å². The third-order valence-electron chi connectivity index (χ3n) is 2.83. The second-order valence-electron chi connectivity index (χ2n) is 4.86. The average Bonchev–Trinajstić information content (AvgIpc) is 2.81. The number of nitrogens with zero attached hydrogens (tertiary/aromatic N) is 2. The number of guanidine groups is 1. The number of aryl methyl sites for hydroxylation is 1. The first-order valence-corrected chi connectivity index (χ1v) is 6.59. The Kier molecular flexibility index (Phi) is 4.40. The molecule has 1 aromatic heterocycles. The lowest BCUT2D eigenvalue weighted by molar-refractivity contribution is 0.526. The van der Waals surface area contributed by atoms with Gasteiger partial charge < -0.3 is 15.5 Å². The number of hydrogen-bond donors (Lipinski definition) is 2. The van der Waals surface area contributed by atoms with E-state index in [2.05, 4.69) is 21.9 Å². The van der Waals surface area contributed by atoms with Crippen molar-refractivity contribution in [3.05, 3.63) is 41.8 Å². The smallest absolute Gasteiger partial charge is 0.197 e. The van der Waals surface area contributed by atoms with Crippen LogP contribution in [0.2, 0.25) is 0 Å². The number of nitrogens with two attached hydrogens (primary N) is 1. The monoisotopic (exact) mass is 272 g/mol. The normalized spacial score (nSPS) is 11.8. The minimum absolute atomic E-state index is 0.417. The van der Waals surface area contributed by atoms with E-state index in [1.165, 1.54) is 0 Å². The van der Waals surface area contributed by atoms with Gasteiger partial charge in [0.15, 0.2) is 17.4 Å². The summed E-state index contributed by atoms with van der Waals surface area (Å²) in [6.45, 7) is 8.89. The molecular formula is C15H20N4O. The summed E-state index contributed by atoms with van der Waals surface area (Å²) in [7, 11) is 0. The number of nitrogens with one attached hydrogen (secondary N) is 1. The summed E-state index contributed by atoms with van der Waals surface area (Å²) in [5.41, 5.74) is 9.57. The zero-order valence-corrected chi connectivity index (χ0v) is 11.9. The first-order chi connectivity index (χ1) is 9.56. The Morgan fingerprint density at radius 3 is 3.00 bits per heavy atom. The van der Waals surface area contributed by atoms with Gasteiger partial charge in [-0.25, -0.2) is 9.98 Å². The molecule has 106 valence electrons. The molecule has 2 aromatic rings. The van der Waals surface area contributed by atoms with Gasteiger partial charge in [0, 0.05) is 13.0 Å². The van der Waals surface area contributed by atoms with Gasteiger partial charge in [-0.05, 0) is 25.5 Å². The van der Waals surface area contributed by atoms with Gasteiger partial charge in [0.05, 0.1) is 6.54 Å². The molecule has 0 spiro atoms. The number of rotatable bonds is 5. The minimum Gasteiger partial charge on any atom is -0.441 e. The molecule has 1 aromatic carbocycles. The molecule has 0 aliphatic carbocycles. The molecule has 2 rings (SSSR count). The van der Waals surface area contributed by atoms with Crippen molar-refractivity contribution in [1.82, 2.24) is 10.3 Å². The standard InChI is InChI=1S/C15H20N4O/c1-10(2)9-18-15(16)17-8-7-13-19-14-11(3)5-4-6-12(14)20-13/h4-6H,1,7-9H2,2-3H3,(H3,16,17,18). The van der Waals surface area contributed by atoms with Crippen LogP contribution in [0.1, 0.15) is 18.4 Å². The van der Waals surface area contributed by atoms with Crippen LogP contribution in [-0.4, -0.2) is 24.0 Å². The van der Waals surface area contributed by atoms with Gasteiger partial charge in [-0.1, -0.05) is 24.3 Å². The van der Waals surface area contributed by atoms with Crippen molar-refractivity contribution in [3.63, 3.8) is 0 Å². The molecule has 5 nitrogen and oxygen atoms in total. The van der Waals surface area contributed by atoms with Gasteiger partial charge in [-0.15, -0.1) is 0 Å². The van der Waals surface area contributed by atoms with E-state index in [4.69, 9.17) is 10.2 Å². The number of benzene rings is 1. The fourth-order valence-electron chi connectivity index (χ4n) is 1.81. The van der Waals surface area contributed by atoms with Crippen LogP contribution in [0.4, 0.5) is 0 Å². The summed E-state index contributed by atoms with van der Waals surface area (Å²) in [5.74, 6) is 1.12. The summed E-state index contributed by atoms with van der Waals surface area (Å²) in [4.78, 5) is 8.63. The van der Waals surface area contributed by atoms with Crippen molar-refractivity contribution in [1.29, 1.82) is 0 Å². The van der Waals surface area contributed by atoms with E-state index in [9.17, 15) is 0 Å². The van der Waals surface area contributed by atoms with E-state index in [1.807, 2.05) is 32.0 Å². The molecule has 5 heteroatoms. The molecule has 1 heterocycles. The van der Waals surface area contributed by atoms with Gasteiger partial charge in [0.1, 0.15) is 5.52 Å². The number of aliphatic imine (C=N–C) groups is 1. The summed E-state index contributed by atoms with van der Waals surface area (Å²) in [6, 6.07) is 5.91. The van der Waals surface area contributed by atoms with Crippen molar-refractivity contribution < 1.29 is 4.42 Å². The second kappa shape index (κ2) is 6.23. The number of fused-ring (bicyclic) bond motifs is 1. The predicted molar refractivity (Wildman–Crippen MR) is 81.8 cm³/mol. The maximum absolute atomic E-state index is 5.73. The molecule has 0 amide bonds. The topological polar surface area (TPSA) is 76.4 Å². The quantitative estimate of drug-likeness (QED) is 0.497. The maximum atomic E-state index is 5.73.